The fraction of sp³-hybridized carbons (Fsp3) is 0.385. The maximum absolute atomic E-state index is 5.65. The quantitative estimate of drug-likeness (QED) is 0.788. The van der Waals surface area contributed by atoms with Gasteiger partial charge in [0.15, 0.2) is 0 Å². The Morgan fingerprint density at radius 1 is 1.56 bits per heavy atom. The van der Waals surface area contributed by atoms with Crippen molar-refractivity contribution in [3.05, 3.63) is 35.9 Å². The van der Waals surface area contributed by atoms with Crippen LogP contribution in [0.3, 0.4) is 0 Å². The molecule has 0 aromatic heterocycles. The number of hydrogen-bond acceptors (Lipinski definition) is 3. The first kappa shape index (κ1) is 11.0. The summed E-state index contributed by atoms with van der Waals surface area (Å²) in [5.74, 6) is 0.940. The molecule has 1 aliphatic rings. The fourth-order valence-electron chi connectivity index (χ4n) is 1.94. The van der Waals surface area contributed by atoms with Crippen molar-refractivity contribution >= 4 is 5.69 Å². The molecule has 3 nitrogen and oxygen atoms in total. The molecule has 0 atom stereocenters. The minimum absolute atomic E-state index is 0.553. The van der Waals surface area contributed by atoms with Gasteiger partial charge in [-0.1, -0.05) is 18.2 Å². The van der Waals surface area contributed by atoms with E-state index < -0.39 is 0 Å². The van der Waals surface area contributed by atoms with Crippen LogP contribution in [0.5, 0.6) is 5.75 Å². The van der Waals surface area contributed by atoms with Crippen molar-refractivity contribution < 1.29 is 4.74 Å². The lowest BCUT2D eigenvalue weighted by atomic mass is 10.1. The number of fused-ring (bicyclic) bond motifs is 1. The molecule has 2 N–H and O–H groups in total. The first-order chi connectivity index (χ1) is 7.70. The average Bonchev–Trinajstić information content (AvgIpc) is 2.28. The minimum atomic E-state index is 0.553. The molecule has 86 valence electrons. The standard InChI is InChI=1S/C13H18N2O/c1-10(2)9-15-5-6-16-13-7-11(8-14)3-4-12(13)15/h3-4,7H,1,5-6,8-9,14H2,2H3. The van der Waals surface area contributed by atoms with E-state index in [9.17, 15) is 0 Å². The summed E-state index contributed by atoms with van der Waals surface area (Å²) >= 11 is 0. The monoisotopic (exact) mass is 218 g/mol. The lowest BCUT2D eigenvalue weighted by Gasteiger charge is -2.31. The maximum Gasteiger partial charge on any atom is 0.143 e. The Hall–Kier alpha value is -1.48. The van der Waals surface area contributed by atoms with Crippen molar-refractivity contribution in [3.8, 4) is 5.75 Å². The molecule has 1 aliphatic heterocycles. The summed E-state index contributed by atoms with van der Waals surface area (Å²) in [5.41, 5.74) is 9.03. The molecule has 1 heterocycles. The molecule has 2 rings (SSSR count). The van der Waals surface area contributed by atoms with Crippen LogP contribution < -0.4 is 15.4 Å². The Labute approximate surface area is 96.5 Å². The predicted octanol–water partition coefficient (Wildman–Crippen LogP) is 1.92. The van der Waals surface area contributed by atoms with E-state index in [-0.39, 0.29) is 0 Å². The highest BCUT2D eigenvalue weighted by Gasteiger charge is 2.17. The second-order valence-electron chi connectivity index (χ2n) is 4.23. The summed E-state index contributed by atoms with van der Waals surface area (Å²) in [6, 6.07) is 6.17. The second-order valence-corrected chi connectivity index (χ2v) is 4.23. The number of ether oxygens (including phenoxy) is 1. The summed E-state index contributed by atoms with van der Waals surface area (Å²) < 4.78 is 5.65. The first-order valence-electron chi connectivity index (χ1n) is 5.56. The zero-order chi connectivity index (χ0) is 11.5. The highest BCUT2D eigenvalue weighted by atomic mass is 16.5. The van der Waals surface area contributed by atoms with Gasteiger partial charge in [-0.25, -0.2) is 0 Å². The van der Waals surface area contributed by atoms with Crippen LogP contribution in [0.25, 0.3) is 0 Å². The van der Waals surface area contributed by atoms with Gasteiger partial charge >= 0.3 is 0 Å². The SMILES string of the molecule is C=C(C)CN1CCOc2cc(CN)ccc21. The van der Waals surface area contributed by atoms with Crippen molar-refractivity contribution in [2.45, 2.75) is 13.5 Å². The molecule has 0 unspecified atom stereocenters. The van der Waals surface area contributed by atoms with E-state index >= 15 is 0 Å². The minimum Gasteiger partial charge on any atom is -0.490 e. The average molecular weight is 218 g/mol. The molecule has 0 fully saturated rings. The third-order valence-electron chi connectivity index (χ3n) is 2.68. The largest absolute Gasteiger partial charge is 0.490 e. The number of benzene rings is 1. The molecular formula is C13H18N2O. The first-order valence-corrected chi connectivity index (χ1v) is 5.56. The highest BCUT2D eigenvalue weighted by molar-refractivity contribution is 5.61. The molecule has 1 aromatic carbocycles. The predicted molar refractivity (Wildman–Crippen MR) is 66.9 cm³/mol. The van der Waals surface area contributed by atoms with Crippen LogP contribution in [0, 0.1) is 0 Å². The zero-order valence-corrected chi connectivity index (χ0v) is 9.70. The van der Waals surface area contributed by atoms with Gasteiger partial charge in [-0.05, 0) is 24.6 Å². The van der Waals surface area contributed by atoms with E-state index in [1.165, 1.54) is 0 Å². The number of rotatable bonds is 3. The van der Waals surface area contributed by atoms with Crippen molar-refractivity contribution in [1.29, 1.82) is 0 Å². The Morgan fingerprint density at radius 3 is 3.06 bits per heavy atom. The van der Waals surface area contributed by atoms with Crippen LogP contribution in [0.15, 0.2) is 30.4 Å². The number of nitrogens with zero attached hydrogens (tertiary/aromatic N) is 1. The van der Waals surface area contributed by atoms with Crippen molar-refractivity contribution in [1.82, 2.24) is 0 Å². The van der Waals surface area contributed by atoms with Crippen molar-refractivity contribution in [2.24, 2.45) is 5.73 Å². The van der Waals surface area contributed by atoms with Gasteiger partial charge in [-0.3, -0.25) is 0 Å². The third-order valence-corrected chi connectivity index (χ3v) is 2.68. The van der Waals surface area contributed by atoms with Gasteiger partial charge in [0.25, 0.3) is 0 Å². The Balaban J connectivity index is 2.28. The van der Waals surface area contributed by atoms with E-state index in [4.69, 9.17) is 10.5 Å². The summed E-state index contributed by atoms with van der Waals surface area (Å²) in [6.45, 7) is 9.09. The van der Waals surface area contributed by atoms with Gasteiger partial charge in [0.1, 0.15) is 12.4 Å². The lowest BCUT2D eigenvalue weighted by molar-refractivity contribution is 0.309. The van der Waals surface area contributed by atoms with E-state index in [1.54, 1.807) is 0 Å². The summed E-state index contributed by atoms with van der Waals surface area (Å²) in [5, 5.41) is 0. The topological polar surface area (TPSA) is 38.5 Å². The Bertz CT molecular complexity index is 401. The summed E-state index contributed by atoms with van der Waals surface area (Å²) in [6.07, 6.45) is 0. The van der Waals surface area contributed by atoms with Gasteiger partial charge in [0, 0.05) is 13.1 Å². The third kappa shape index (κ3) is 2.19. The number of anilines is 1. The van der Waals surface area contributed by atoms with Crippen LogP contribution in [-0.4, -0.2) is 19.7 Å². The maximum atomic E-state index is 5.65. The normalized spacial score (nSPS) is 14.2. The van der Waals surface area contributed by atoms with Crippen molar-refractivity contribution in [3.63, 3.8) is 0 Å². The van der Waals surface area contributed by atoms with E-state index in [0.29, 0.717) is 6.54 Å². The van der Waals surface area contributed by atoms with Gasteiger partial charge in [-0.2, -0.15) is 0 Å². The van der Waals surface area contributed by atoms with Gasteiger partial charge in [-0.15, -0.1) is 0 Å². The van der Waals surface area contributed by atoms with Crippen LogP contribution in [0.2, 0.25) is 0 Å². The number of nitrogens with two attached hydrogens (primary N) is 1. The lowest BCUT2D eigenvalue weighted by Crippen LogP contribution is -2.33. The van der Waals surface area contributed by atoms with Crippen LogP contribution >= 0.6 is 0 Å². The molecule has 0 aliphatic carbocycles. The van der Waals surface area contributed by atoms with Crippen LogP contribution in [-0.2, 0) is 6.54 Å². The van der Waals surface area contributed by atoms with Crippen LogP contribution in [0.1, 0.15) is 12.5 Å². The molecule has 3 heteroatoms. The molecule has 0 amide bonds. The fourth-order valence-corrected chi connectivity index (χ4v) is 1.94. The molecule has 1 aromatic rings. The van der Waals surface area contributed by atoms with E-state index in [0.717, 1.165) is 42.3 Å². The molecule has 0 radical (unpaired) electrons. The van der Waals surface area contributed by atoms with Gasteiger partial charge in [0.2, 0.25) is 0 Å². The molecule has 16 heavy (non-hydrogen) atoms. The Morgan fingerprint density at radius 2 is 2.38 bits per heavy atom. The second kappa shape index (κ2) is 4.58. The molecule has 0 saturated heterocycles. The van der Waals surface area contributed by atoms with Gasteiger partial charge in [0.05, 0.1) is 12.2 Å². The Kier molecular flexibility index (Phi) is 3.15. The molecule has 0 bridgehead atoms. The van der Waals surface area contributed by atoms with E-state index in [1.807, 2.05) is 13.0 Å². The smallest absolute Gasteiger partial charge is 0.143 e. The molecule has 0 spiro atoms. The molecular weight excluding hydrogens is 200 g/mol. The van der Waals surface area contributed by atoms with E-state index in [2.05, 4.69) is 23.6 Å². The zero-order valence-electron chi connectivity index (χ0n) is 9.70. The van der Waals surface area contributed by atoms with Crippen LogP contribution in [0.4, 0.5) is 5.69 Å². The van der Waals surface area contributed by atoms with Gasteiger partial charge < -0.3 is 15.4 Å². The summed E-state index contributed by atoms with van der Waals surface area (Å²) in [7, 11) is 0. The van der Waals surface area contributed by atoms with Crippen molar-refractivity contribution in [2.75, 3.05) is 24.6 Å². The highest BCUT2D eigenvalue weighted by Crippen LogP contribution is 2.32. The summed E-state index contributed by atoms with van der Waals surface area (Å²) in [4.78, 5) is 2.29. The molecule has 0 saturated carbocycles. The number of hydrogen-bond donors (Lipinski definition) is 1.